The van der Waals surface area contributed by atoms with E-state index in [4.69, 9.17) is 0 Å². The van der Waals surface area contributed by atoms with E-state index in [9.17, 15) is 4.79 Å². The first-order valence-electron chi connectivity index (χ1n) is 6.53. The SMILES string of the molecule is CCCNCc1ccc(C)n(C(C)CC)c1=O. The highest BCUT2D eigenvalue weighted by Crippen LogP contribution is 2.10. The van der Waals surface area contributed by atoms with Gasteiger partial charge >= 0.3 is 0 Å². The average Bonchev–Trinajstić information content (AvgIpc) is 2.32. The molecule has 0 amide bonds. The summed E-state index contributed by atoms with van der Waals surface area (Å²) in [6, 6.07) is 4.25. The van der Waals surface area contributed by atoms with Crippen molar-refractivity contribution >= 4 is 0 Å². The summed E-state index contributed by atoms with van der Waals surface area (Å²) >= 11 is 0. The van der Waals surface area contributed by atoms with Crippen LogP contribution in [0.2, 0.25) is 0 Å². The van der Waals surface area contributed by atoms with E-state index in [0.717, 1.165) is 30.6 Å². The highest BCUT2D eigenvalue weighted by molar-refractivity contribution is 5.16. The van der Waals surface area contributed by atoms with Crippen molar-refractivity contribution in [2.45, 2.75) is 53.1 Å². The molecule has 3 nitrogen and oxygen atoms in total. The Hall–Kier alpha value is -1.09. The third kappa shape index (κ3) is 3.43. The van der Waals surface area contributed by atoms with E-state index in [0.29, 0.717) is 6.54 Å². The summed E-state index contributed by atoms with van der Waals surface area (Å²) < 4.78 is 1.91. The van der Waals surface area contributed by atoms with Gasteiger partial charge in [-0.25, -0.2) is 0 Å². The molecule has 96 valence electrons. The van der Waals surface area contributed by atoms with Gasteiger partial charge in [0.2, 0.25) is 0 Å². The van der Waals surface area contributed by atoms with Crippen LogP contribution in [-0.2, 0) is 6.54 Å². The molecule has 0 fully saturated rings. The van der Waals surface area contributed by atoms with Gasteiger partial charge in [0.15, 0.2) is 0 Å². The lowest BCUT2D eigenvalue weighted by atomic mass is 10.2. The molecule has 1 rings (SSSR count). The monoisotopic (exact) mass is 236 g/mol. The van der Waals surface area contributed by atoms with Crippen LogP contribution in [-0.4, -0.2) is 11.1 Å². The fourth-order valence-electron chi connectivity index (χ4n) is 1.95. The highest BCUT2D eigenvalue weighted by atomic mass is 16.1. The summed E-state index contributed by atoms with van der Waals surface area (Å²) in [5, 5.41) is 3.28. The molecule has 0 aliphatic rings. The van der Waals surface area contributed by atoms with Crippen molar-refractivity contribution in [2.75, 3.05) is 6.54 Å². The Bertz CT molecular complexity index is 409. The van der Waals surface area contributed by atoms with Gasteiger partial charge in [0.1, 0.15) is 0 Å². The number of aromatic nitrogens is 1. The number of aryl methyl sites for hydroxylation is 1. The number of hydrogen-bond acceptors (Lipinski definition) is 2. The van der Waals surface area contributed by atoms with Gasteiger partial charge in [0, 0.05) is 23.8 Å². The fourth-order valence-corrected chi connectivity index (χ4v) is 1.95. The van der Waals surface area contributed by atoms with E-state index >= 15 is 0 Å². The Labute approximate surface area is 104 Å². The molecule has 0 saturated carbocycles. The highest BCUT2D eigenvalue weighted by Gasteiger charge is 2.10. The molecule has 1 aromatic heterocycles. The molecule has 0 bridgehead atoms. The van der Waals surface area contributed by atoms with E-state index in [2.05, 4.69) is 26.1 Å². The van der Waals surface area contributed by atoms with Gasteiger partial charge in [-0.15, -0.1) is 0 Å². The molecule has 1 aromatic rings. The largest absolute Gasteiger partial charge is 0.312 e. The smallest absolute Gasteiger partial charge is 0.255 e. The number of rotatable bonds is 6. The van der Waals surface area contributed by atoms with Gasteiger partial charge in [-0.2, -0.15) is 0 Å². The van der Waals surface area contributed by atoms with Crippen LogP contribution in [0.25, 0.3) is 0 Å². The third-order valence-corrected chi connectivity index (χ3v) is 3.17. The van der Waals surface area contributed by atoms with E-state index in [1.54, 1.807) is 0 Å². The predicted molar refractivity (Wildman–Crippen MR) is 72.4 cm³/mol. The number of pyridine rings is 1. The van der Waals surface area contributed by atoms with Crippen LogP contribution in [0.15, 0.2) is 16.9 Å². The lowest BCUT2D eigenvalue weighted by molar-refractivity contribution is 0.497. The average molecular weight is 236 g/mol. The van der Waals surface area contributed by atoms with Crippen molar-refractivity contribution in [2.24, 2.45) is 0 Å². The second-order valence-electron chi connectivity index (χ2n) is 4.61. The molecule has 0 saturated heterocycles. The summed E-state index contributed by atoms with van der Waals surface area (Å²) in [5.74, 6) is 0. The molecule has 1 N–H and O–H groups in total. The van der Waals surface area contributed by atoms with Crippen LogP contribution in [0.4, 0.5) is 0 Å². The Morgan fingerprint density at radius 3 is 2.65 bits per heavy atom. The molecule has 0 aliphatic heterocycles. The van der Waals surface area contributed by atoms with Gasteiger partial charge < -0.3 is 9.88 Å². The first kappa shape index (κ1) is 14.0. The molecular weight excluding hydrogens is 212 g/mol. The normalized spacial score (nSPS) is 12.7. The van der Waals surface area contributed by atoms with E-state index in [1.807, 2.05) is 23.6 Å². The molecule has 1 heterocycles. The minimum Gasteiger partial charge on any atom is -0.312 e. The van der Waals surface area contributed by atoms with Crippen molar-refractivity contribution in [3.63, 3.8) is 0 Å². The van der Waals surface area contributed by atoms with Gasteiger partial charge in [0.25, 0.3) is 5.56 Å². The lowest BCUT2D eigenvalue weighted by Gasteiger charge is -2.17. The molecule has 17 heavy (non-hydrogen) atoms. The molecule has 0 spiro atoms. The van der Waals surface area contributed by atoms with Crippen LogP contribution in [0.3, 0.4) is 0 Å². The Balaban J connectivity index is 2.98. The van der Waals surface area contributed by atoms with Crippen molar-refractivity contribution < 1.29 is 0 Å². The first-order valence-corrected chi connectivity index (χ1v) is 6.53. The zero-order chi connectivity index (χ0) is 12.8. The second-order valence-corrected chi connectivity index (χ2v) is 4.61. The van der Waals surface area contributed by atoms with Crippen LogP contribution < -0.4 is 10.9 Å². The molecule has 0 aromatic carbocycles. The third-order valence-electron chi connectivity index (χ3n) is 3.17. The molecule has 1 unspecified atom stereocenters. The second kappa shape index (κ2) is 6.60. The zero-order valence-corrected chi connectivity index (χ0v) is 11.4. The lowest BCUT2D eigenvalue weighted by Crippen LogP contribution is -2.30. The summed E-state index contributed by atoms with van der Waals surface area (Å²) in [5.41, 5.74) is 2.07. The van der Waals surface area contributed by atoms with Crippen molar-refractivity contribution in [1.82, 2.24) is 9.88 Å². The summed E-state index contributed by atoms with van der Waals surface area (Å²) in [7, 11) is 0. The first-order chi connectivity index (χ1) is 8.11. The quantitative estimate of drug-likeness (QED) is 0.770. The van der Waals surface area contributed by atoms with Crippen molar-refractivity contribution in [3.8, 4) is 0 Å². The predicted octanol–water partition coefficient (Wildman–Crippen LogP) is 2.63. The molecule has 1 atom stereocenters. The van der Waals surface area contributed by atoms with Gasteiger partial charge in [-0.05, 0) is 39.3 Å². The number of nitrogens with one attached hydrogen (secondary N) is 1. The molecule has 3 heteroatoms. The van der Waals surface area contributed by atoms with Gasteiger partial charge in [0.05, 0.1) is 0 Å². The summed E-state index contributed by atoms with van der Waals surface area (Å²) in [4.78, 5) is 12.3. The van der Waals surface area contributed by atoms with Crippen LogP contribution in [0, 0.1) is 6.92 Å². The van der Waals surface area contributed by atoms with Crippen molar-refractivity contribution in [1.29, 1.82) is 0 Å². The van der Waals surface area contributed by atoms with Gasteiger partial charge in [-0.3, -0.25) is 4.79 Å². The van der Waals surface area contributed by atoms with Crippen molar-refractivity contribution in [3.05, 3.63) is 33.7 Å². The maximum Gasteiger partial charge on any atom is 0.255 e. The molecular formula is C14H24N2O. The standard InChI is InChI=1S/C14H24N2O/c1-5-9-15-10-13-8-7-12(4)16(14(13)17)11(3)6-2/h7-8,11,15H,5-6,9-10H2,1-4H3. The van der Waals surface area contributed by atoms with E-state index in [-0.39, 0.29) is 11.6 Å². The van der Waals surface area contributed by atoms with Crippen LogP contribution in [0.1, 0.15) is 50.9 Å². The van der Waals surface area contributed by atoms with E-state index in [1.165, 1.54) is 0 Å². The zero-order valence-electron chi connectivity index (χ0n) is 11.4. The van der Waals surface area contributed by atoms with Gasteiger partial charge in [-0.1, -0.05) is 19.9 Å². The minimum absolute atomic E-state index is 0.156. The summed E-state index contributed by atoms with van der Waals surface area (Å²) in [6.45, 7) is 9.95. The topological polar surface area (TPSA) is 34.0 Å². The number of nitrogens with zero attached hydrogens (tertiary/aromatic N) is 1. The van der Waals surface area contributed by atoms with Crippen LogP contribution >= 0.6 is 0 Å². The van der Waals surface area contributed by atoms with E-state index < -0.39 is 0 Å². The Morgan fingerprint density at radius 2 is 2.06 bits per heavy atom. The molecule has 0 aliphatic carbocycles. The maximum atomic E-state index is 12.3. The van der Waals surface area contributed by atoms with Crippen LogP contribution in [0.5, 0.6) is 0 Å². The number of hydrogen-bond donors (Lipinski definition) is 1. The maximum absolute atomic E-state index is 12.3. The Morgan fingerprint density at radius 1 is 1.35 bits per heavy atom. The fraction of sp³-hybridized carbons (Fsp3) is 0.643. The minimum atomic E-state index is 0.156. The Kier molecular flexibility index (Phi) is 5.42. The summed E-state index contributed by atoms with van der Waals surface area (Å²) in [6.07, 6.45) is 2.07. The molecule has 0 radical (unpaired) electrons.